The van der Waals surface area contributed by atoms with E-state index in [-0.39, 0.29) is 30.9 Å². The quantitative estimate of drug-likeness (QED) is 0.644. The molecule has 0 radical (unpaired) electrons. The van der Waals surface area contributed by atoms with Crippen molar-refractivity contribution >= 4 is 35.2 Å². The average molecular weight is 446 g/mol. The third-order valence-electron chi connectivity index (χ3n) is 6.69. The highest BCUT2D eigenvalue weighted by Gasteiger charge is 2.77. The molecule has 2 bridgehead atoms. The van der Waals surface area contributed by atoms with E-state index in [4.69, 9.17) is 0 Å². The zero-order valence-corrected chi connectivity index (χ0v) is 19.3. The number of thioether (sulfide) groups is 1. The highest BCUT2D eigenvalue weighted by molar-refractivity contribution is 8.02. The molecule has 31 heavy (non-hydrogen) atoms. The van der Waals surface area contributed by atoms with Crippen LogP contribution in [0.15, 0.2) is 30.3 Å². The second-order valence-electron chi connectivity index (χ2n) is 10.1. The fourth-order valence-corrected chi connectivity index (χ4v) is 8.01. The Labute approximate surface area is 187 Å². The number of aliphatic hydroxyl groups excluding tert-OH is 1. The number of carbonyl (C=O) groups is 3. The third kappa shape index (κ3) is 3.53. The first kappa shape index (κ1) is 22.1. The zero-order valence-electron chi connectivity index (χ0n) is 18.5. The monoisotopic (exact) mass is 445 g/mol. The predicted molar refractivity (Wildman–Crippen MR) is 120 cm³/mol. The number of rotatable bonds is 5. The lowest BCUT2D eigenvalue weighted by molar-refractivity contribution is -0.140. The Morgan fingerprint density at radius 3 is 2.48 bits per heavy atom. The van der Waals surface area contributed by atoms with E-state index in [1.807, 2.05) is 58.0 Å². The van der Waals surface area contributed by atoms with Crippen molar-refractivity contribution in [3.8, 4) is 0 Å². The number of nitrogens with one attached hydrogen (secondary N) is 2. The lowest BCUT2D eigenvalue weighted by Crippen LogP contribution is -2.57. The molecule has 0 aliphatic carbocycles. The van der Waals surface area contributed by atoms with E-state index in [0.717, 1.165) is 6.42 Å². The Bertz CT molecular complexity index is 902. The van der Waals surface area contributed by atoms with Gasteiger partial charge < -0.3 is 20.6 Å². The first-order valence-corrected chi connectivity index (χ1v) is 11.6. The lowest BCUT2D eigenvalue weighted by atomic mass is 9.66. The van der Waals surface area contributed by atoms with Crippen molar-refractivity contribution in [3.05, 3.63) is 30.3 Å². The van der Waals surface area contributed by atoms with Crippen LogP contribution < -0.4 is 10.6 Å². The van der Waals surface area contributed by atoms with Crippen LogP contribution in [-0.4, -0.2) is 62.0 Å². The van der Waals surface area contributed by atoms with Crippen LogP contribution in [0.2, 0.25) is 0 Å². The van der Waals surface area contributed by atoms with Gasteiger partial charge in [-0.3, -0.25) is 14.4 Å². The summed E-state index contributed by atoms with van der Waals surface area (Å²) in [6.07, 6.45) is 1.46. The number of carbonyl (C=O) groups excluding carboxylic acids is 3. The number of benzene rings is 1. The minimum Gasteiger partial charge on any atom is -0.395 e. The topological polar surface area (TPSA) is 98.7 Å². The van der Waals surface area contributed by atoms with E-state index in [9.17, 15) is 19.5 Å². The Kier molecular flexibility index (Phi) is 5.37. The van der Waals surface area contributed by atoms with Crippen molar-refractivity contribution < 1.29 is 19.5 Å². The molecule has 3 amide bonds. The summed E-state index contributed by atoms with van der Waals surface area (Å²) in [6.45, 7) is 7.63. The summed E-state index contributed by atoms with van der Waals surface area (Å²) in [6, 6.07) is 8.54. The summed E-state index contributed by atoms with van der Waals surface area (Å²) in [5.41, 5.74) is 0.243. The first-order valence-electron chi connectivity index (χ1n) is 10.8. The molecule has 7 nitrogen and oxygen atoms in total. The number of aliphatic hydroxyl groups is 1. The van der Waals surface area contributed by atoms with Crippen LogP contribution in [0.1, 0.15) is 40.5 Å². The van der Waals surface area contributed by atoms with Gasteiger partial charge in [0.15, 0.2) is 0 Å². The van der Waals surface area contributed by atoms with Gasteiger partial charge in [-0.05, 0) is 52.7 Å². The van der Waals surface area contributed by atoms with Crippen molar-refractivity contribution in [2.75, 3.05) is 18.5 Å². The van der Waals surface area contributed by atoms with Gasteiger partial charge in [-0.1, -0.05) is 18.2 Å². The molecule has 168 valence electrons. The van der Waals surface area contributed by atoms with Crippen LogP contribution in [0.3, 0.4) is 0 Å². The van der Waals surface area contributed by atoms with Crippen LogP contribution in [0, 0.1) is 11.8 Å². The van der Waals surface area contributed by atoms with Gasteiger partial charge in [-0.15, -0.1) is 11.8 Å². The molecule has 3 N–H and O–H groups in total. The van der Waals surface area contributed by atoms with Crippen LogP contribution >= 0.6 is 11.8 Å². The highest BCUT2D eigenvalue weighted by Crippen LogP contribution is 2.71. The van der Waals surface area contributed by atoms with Crippen molar-refractivity contribution in [2.45, 2.75) is 61.6 Å². The molecule has 1 aromatic carbocycles. The summed E-state index contributed by atoms with van der Waals surface area (Å²) in [5.74, 6) is -1.71. The Morgan fingerprint density at radius 2 is 1.87 bits per heavy atom. The first-order chi connectivity index (χ1) is 14.5. The second kappa shape index (κ2) is 7.52. The molecule has 0 saturated carbocycles. The van der Waals surface area contributed by atoms with Crippen molar-refractivity contribution in [3.63, 3.8) is 0 Å². The summed E-state index contributed by atoms with van der Waals surface area (Å²) < 4.78 is -1.07. The molecule has 2 unspecified atom stereocenters. The fraction of sp³-hybridized carbons (Fsp3) is 0.609. The number of amides is 3. The predicted octanol–water partition coefficient (Wildman–Crippen LogP) is 2.01. The zero-order chi connectivity index (χ0) is 22.6. The normalized spacial score (nSPS) is 34.0. The van der Waals surface area contributed by atoms with E-state index in [0.29, 0.717) is 12.1 Å². The van der Waals surface area contributed by atoms with Crippen LogP contribution in [0.4, 0.5) is 5.69 Å². The molecule has 3 saturated heterocycles. The number of nitrogens with zero attached hydrogens (tertiary/aromatic N) is 1. The smallest absolute Gasteiger partial charge is 0.244 e. The van der Waals surface area contributed by atoms with Gasteiger partial charge in [0, 0.05) is 22.5 Å². The maximum absolute atomic E-state index is 13.6. The van der Waals surface area contributed by atoms with Gasteiger partial charge in [-0.2, -0.15) is 0 Å². The van der Waals surface area contributed by atoms with Gasteiger partial charge in [0.1, 0.15) is 6.04 Å². The molecule has 3 heterocycles. The Balaban J connectivity index is 1.71. The Hall–Kier alpha value is -2.06. The van der Waals surface area contributed by atoms with Crippen molar-refractivity contribution in [1.82, 2.24) is 10.2 Å². The van der Waals surface area contributed by atoms with Gasteiger partial charge >= 0.3 is 0 Å². The number of hydrogen-bond donors (Lipinski definition) is 3. The van der Waals surface area contributed by atoms with E-state index >= 15 is 0 Å². The molecule has 1 aromatic rings. The SMILES string of the molecule is CC(C)(C)NC(=O)C1N(CCO)C(=O)[C@@H]2[C@H](C(=O)Nc3ccccc3)[C@]3(C)CCC12S3. The number of para-hydroxylation sites is 1. The summed E-state index contributed by atoms with van der Waals surface area (Å²) in [7, 11) is 0. The molecule has 8 heteroatoms. The van der Waals surface area contributed by atoms with Gasteiger partial charge in [0.2, 0.25) is 17.7 Å². The number of hydrogen-bond acceptors (Lipinski definition) is 5. The summed E-state index contributed by atoms with van der Waals surface area (Å²) in [5, 5.41) is 15.6. The molecular weight excluding hydrogens is 414 g/mol. The highest BCUT2D eigenvalue weighted by atomic mass is 32.2. The average Bonchev–Trinajstić information content (AvgIpc) is 3.23. The molecule has 5 atom stereocenters. The largest absolute Gasteiger partial charge is 0.395 e. The summed E-state index contributed by atoms with van der Waals surface area (Å²) >= 11 is 1.63. The van der Waals surface area contributed by atoms with E-state index in [1.165, 1.54) is 4.90 Å². The van der Waals surface area contributed by atoms with Crippen LogP contribution in [0.25, 0.3) is 0 Å². The number of anilines is 1. The van der Waals surface area contributed by atoms with Gasteiger partial charge in [0.05, 0.1) is 23.2 Å². The van der Waals surface area contributed by atoms with Gasteiger partial charge in [-0.25, -0.2) is 0 Å². The van der Waals surface area contributed by atoms with E-state index < -0.39 is 32.9 Å². The number of β-amino-alcohol motifs (C(OH)–C–C–N with tert-alkyl or cyclic N) is 1. The van der Waals surface area contributed by atoms with E-state index in [1.54, 1.807) is 11.8 Å². The molecule has 0 aromatic heterocycles. The Morgan fingerprint density at radius 1 is 1.19 bits per heavy atom. The number of fused-ring (bicyclic) bond motifs is 1. The second-order valence-corrected chi connectivity index (χ2v) is 12.0. The van der Waals surface area contributed by atoms with Crippen LogP contribution in [-0.2, 0) is 14.4 Å². The summed E-state index contributed by atoms with van der Waals surface area (Å²) in [4.78, 5) is 41.9. The van der Waals surface area contributed by atoms with Gasteiger partial charge in [0.25, 0.3) is 0 Å². The fourth-order valence-electron chi connectivity index (χ4n) is 5.65. The number of likely N-dealkylation sites (tertiary alicyclic amines) is 1. The molecule has 3 fully saturated rings. The minimum absolute atomic E-state index is 0.0869. The van der Waals surface area contributed by atoms with E-state index in [2.05, 4.69) is 10.6 Å². The molecular formula is C23H31N3O4S. The standard InChI is InChI=1S/C23H31N3O4S/c1-21(2,3)25-19(29)17-23-11-10-22(4,31-23)15(16(23)20(30)26(17)12-13-27)18(28)24-14-8-6-5-7-9-14/h5-9,15-17,27H,10-13H2,1-4H3,(H,24,28)(H,25,29)/t15-,16+,17?,22+,23?/m1/s1. The maximum atomic E-state index is 13.6. The molecule has 3 aliphatic heterocycles. The molecule has 1 spiro atoms. The van der Waals surface area contributed by atoms with Crippen molar-refractivity contribution in [2.24, 2.45) is 11.8 Å². The molecule has 3 aliphatic rings. The maximum Gasteiger partial charge on any atom is 0.244 e. The van der Waals surface area contributed by atoms with Crippen LogP contribution in [0.5, 0.6) is 0 Å². The minimum atomic E-state index is -0.697. The van der Waals surface area contributed by atoms with Crippen molar-refractivity contribution in [1.29, 1.82) is 0 Å². The molecule has 4 rings (SSSR count). The third-order valence-corrected chi connectivity index (χ3v) is 8.67. The lowest BCUT2D eigenvalue weighted by Gasteiger charge is -2.36.